The smallest absolute Gasteiger partial charge is 0.317 e. The summed E-state index contributed by atoms with van der Waals surface area (Å²) in [6.45, 7) is 9.48. The molecule has 0 aliphatic rings. The molecule has 1 aromatic carbocycles. The second-order valence-corrected chi connectivity index (χ2v) is 5.21. The average molecular weight is 236 g/mol. The molecule has 3 heteroatoms. The van der Waals surface area contributed by atoms with Crippen LogP contribution in [0.1, 0.15) is 33.3 Å². The number of esters is 1. The van der Waals surface area contributed by atoms with Crippen LogP contribution in [0.2, 0.25) is 0 Å². The zero-order valence-corrected chi connectivity index (χ0v) is 11.1. The van der Waals surface area contributed by atoms with E-state index in [9.17, 15) is 9.90 Å². The summed E-state index contributed by atoms with van der Waals surface area (Å²) in [7, 11) is 0. The predicted octanol–water partition coefficient (Wildman–Crippen LogP) is 3.29. The van der Waals surface area contributed by atoms with E-state index in [1.807, 2.05) is 27.7 Å². The highest BCUT2D eigenvalue weighted by Gasteiger charge is 2.33. The number of hydrogen-bond acceptors (Lipinski definition) is 3. The van der Waals surface area contributed by atoms with Gasteiger partial charge in [0.1, 0.15) is 11.5 Å². The minimum atomic E-state index is -0.522. The number of aryl methyl sites for hydroxylation is 1. The van der Waals surface area contributed by atoms with Gasteiger partial charge in [0, 0.05) is 0 Å². The molecule has 0 spiro atoms. The van der Waals surface area contributed by atoms with Gasteiger partial charge in [-0.25, -0.2) is 0 Å². The Hall–Kier alpha value is -1.51. The fourth-order valence-electron chi connectivity index (χ4n) is 1.17. The molecule has 0 radical (unpaired) electrons. The van der Waals surface area contributed by atoms with Crippen LogP contribution in [-0.2, 0) is 4.79 Å². The highest BCUT2D eigenvalue weighted by molar-refractivity contribution is 5.78. The second kappa shape index (κ2) is 4.78. The number of phenols is 1. The summed E-state index contributed by atoms with van der Waals surface area (Å²) in [5.74, 6) is 0.623. The van der Waals surface area contributed by atoms with Crippen molar-refractivity contribution in [2.75, 3.05) is 0 Å². The maximum atomic E-state index is 12.0. The topological polar surface area (TPSA) is 46.5 Å². The first-order valence-electron chi connectivity index (χ1n) is 5.77. The molecule has 0 amide bonds. The summed E-state index contributed by atoms with van der Waals surface area (Å²) in [6, 6.07) is 4.78. The van der Waals surface area contributed by atoms with Crippen molar-refractivity contribution >= 4 is 5.97 Å². The Bertz CT molecular complexity index is 419. The second-order valence-electron chi connectivity index (χ2n) is 5.21. The third-order valence-electron chi connectivity index (χ3n) is 3.35. The maximum absolute atomic E-state index is 12.0. The van der Waals surface area contributed by atoms with Gasteiger partial charge in [-0.2, -0.15) is 0 Å². The molecule has 0 aliphatic heterocycles. The molecule has 0 aromatic heterocycles. The summed E-state index contributed by atoms with van der Waals surface area (Å²) in [6.07, 6.45) is 0. The minimum absolute atomic E-state index is 0.202. The van der Waals surface area contributed by atoms with E-state index in [1.165, 1.54) is 6.07 Å². The summed E-state index contributed by atoms with van der Waals surface area (Å²) >= 11 is 0. The molecule has 17 heavy (non-hydrogen) atoms. The van der Waals surface area contributed by atoms with Gasteiger partial charge in [0.2, 0.25) is 0 Å². The largest absolute Gasteiger partial charge is 0.508 e. The number of rotatable bonds is 3. The standard InChI is InChI=1S/C14H20O3/c1-9(2)14(4,5)13(16)17-11-6-7-12(15)10(3)8-11/h6-9,15H,1-5H3. The first kappa shape index (κ1) is 13.6. The first-order chi connectivity index (χ1) is 7.75. The van der Waals surface area contributed by atoms with Crippen LogP contribution in [0.15, 0.2) is 18.2 Å². The molecule has 1 rings (SSSR count). The summed E-state index contributed by atoms with van der Waals surface area (Å²) < 4.78 is 5.33. The average Bonchev–Trinajstić information content (AvgIpc) is 2.23. The molecule has 3 nitrogen and oxygen atoms in total. The van der Waals surface area contributed by atoms with Crippen molar-refractivity contribution in [3.63, 3.8) is 0 Å². The van der Waals surface area contributed by atoms with Crippen molar-refractivity contribution in [2.45, 2.75) is 34.6 Å². The third-order valence-corrected chi connectivity index (χ3v) is 3.35. The van der Waals surface area contributed by atoms with E-state index in [0.717, 1.165) is 0 Å². The Morgan fingerprint density at radius 2 is 1.94 bits per heavy atom. The molecule has 0 saturated heterocycles. The first-order valence-corrected chi connectivity index (χ1v) is 5.77. The molecule has 94 valence electrons. The van der Waals surface area contributed by atoms with Crippen molar-refractivity contribution in [1.82, 2.24) is 0 Å². The number of phenolic OH excluding ortho intramolecular Hbond substituents is 1. The molecule has 0 fully saturated rings. The lowest BCUT2D eigenvalue weighted by Crippen LogP contribution is -2.33. The quantitative estimate of drug-likeness (QED) is 0.647. The number of ether oxygens (including phenoxy) is 1. The summed E-state index contributed by atoms with van der Waals surface area (Å²) in [5.41, 5.74) is 0.170. The van der Waals surface area contributed by atoms with E-state index < -0.39 is 5.41 Å². The van der Waals surface area contributed by atoms with Crippen LogP contribution in [0.4, 0.5) is 0 Å². The van der Waals surface area contributed by atoms with E-state index in [-0.39, 0.29) is 17.6 Å². The van der Waals surface area contributed by atoms with E-state index in [1.54, 1.807) is 19.1 Å². The van der Waals surface area contributed by atoms with Crippen LogP contribution in [0, 0.1) is 18.3 Å². The molecule has 0 saturated carbocycles. The van der Waals surface area contributed by atoms with Crippen molar-refractivity contribution < 1.29 is 14.6 Å². The van der Waals surface area contributed by atoms with E-state index in [2.05, 4.69) is 0 Å². The maximum Gasteiger partial charge on any atom is 0.317 e. The predicted molar refractivity (Wildman–Crippen MR) is 67.1 cm³/mol. The van der Waals surface area contributed by atoms with E-state index >= 15 is 0 Å². The molecular formula is C14H20O3. The Morgan fingerprint density at radius 1 is 1.35 bits per heavy atom. The van der Waals surface area contributed by atoms with Crippen molar-refractivity contribution in [3.8, 4) is 11.5 Å². The fraction of sp³-hybridized carbons (Fsp3) is 0.500. The lowest BCUT2D eigenvalue weighted by atomic mass is 9.81. The molecule has 0 unspecified atom stereocenters. The number of hydrogen-bond donors (Lipinski definition) is 1. The lowest BCUT2D eigenvalue weighted by molar-refractivity contribution is -0.146. The molecular weight excluding hydrogens is 216 g/mol. The third kappa shape index (κ3) is 2.99. The van der Waals surface area contributed by atoms with Gasteiger partial charge in [-0.1, -0.05) is 13.8 Å². The van der Waals surface area contributed by atoms with Crippen LogP contribution in [-0.4, -0.2) is 11.1 Å². The van der Waals surface area contributed by atoms with Gasteiger partial charge in [-0.15, -0.1) is 0 Å². The van der Waals surface area contributed by atoms with E-state index in [0.29, 0.717) is 11.3 Å². The summed E-state index contributed by atoms with van der Waals surface area (Å²) in [5, 5.41) is 9.39. The van der Waals surface area contributed by atoms with Crippen LogP contribution in [0.3, 0.4) is 0 Å². The lowest BCUT2D eigenvalue weighted by Gasteiger charge is -2.26. The van der Waals surface area contributed by atoms with Gasteiger partial charge >= 0.3 is 5.97 Å². The van der Waals surface area contributed by atoms with Gasteiger partial charge in [0.05, 0.1) is 5.41 Å². The molecule has 0 bridgehead atoms. The Kier molecular flexibility index (Phi) is 3.81. The van der Waals surface area contributed by atoms with Crippen molar-refractivity contribution in [3.05, 3.63) is 23.8 Å². The Labute approximate surface area is 102 Å². The number of carbonyl (C=O) groups is 1. The highest BCUT2D eigenvalue weighted by atomic mass is 16.5. The van der Waals surface area contributed by atoms with Gasteiger partial charge < -0.3 is 9.84 Å². The van der Waals surface area contributed by atoms with Gasteiger partial charge in [-0.05, 0) is 50.5 Å². The zero-order chi connectivity index (χ0) is 13.2. The Balaban J connectivity index is 2.85. The van der Waals surface area contributed by atoms with Crippen LogP contribution in [0.5, 0.6) is 11.5 Å². The number of carbonyl (C=O) groups excluding carboxylic acids is 1. The molecule has 1 aromatic rings. The SMILES string of the molecule is Cc1cc(OC(=O)C(C)(C)C(C)C)ccc1O. The van der Waals surface area contributed by atoms with Crippen LogP contribution < -0.4 is 4.74 Å². The Morgan fingerprint density at radius 3 is 2.41 bits per heavy atom. The zero-order valence-electron chi connectivity index (χ0n) is 11.1. The number of benzene rings is 1. The van der Waals surface area contributed by atoms with Crippen LogP contribution >= 0.6 is 0 Å². The van der Waals surface area contributed by atoms with Gasteiger partial charge in [-0.3, -0.25) is 4.79 Å². The fourth-order valence-corrected chi connectivity index (χ4v) is 1.17. The van der Waals surface area contributed by atoms with Crippen LogP contribution in [0.25, 0.3) is 0 Å². The monoisotopic (exact) mass is 236 g/mol. The summed E-state index contributed by atoms with van der Waals surface area (Å²) in [4.78, 5) is 12.0. The van der Waals surface area contributed by atoms with Gasteiger partial charge in [0.15, 0.2) is 0 Å². The molecule has 1 N–H and O–H groups in total. The van der Waals surface area contributed by atoms with Crippen molar-refractivity contribution in [2.24, 2.45) is 11.3 Å². The molecule has 0 atom stereocenters. The van der Waals surface area contributed by atoms with Crippen molar-refractivity contribution in [1.29, 1.82) is 0 Å². The number of aromatic hydroxyl groups is 1. The minimum Gasteiger partial charge on any atom is -0.508 e. The van der Waals surface area contributed by atoms with E-state index in [4.69, 9.17) is 4.74 Å². The normalized spacial score (nSPS) is 11.6. The molecule has 0 heterocycles. The highest BCUT2D eigenvalue weighted by Crippen LogP contribution is 2.29. The molecule has 0 aliphatic carbocycles. The van der Waals surface area contributed by atoms with Gasteiger partial charge in [0.25, 0.3) is 0 Å².